The molecule has 4 amide bonds. The van der Waals surface area contributed by atoms with Crippen molar-refractivity contribution in [1.29, 1.82) is 0 Å². The fourth-order valence-corrected chi connectivity index (χ4v) is 4.47. The summed E-state index contributed by atoms with van der Waals surface area (Å²) in [6.07, 6.45) is 0.595. The van der Waals surface area contributed by atoms with Gasteiger partial charge in [0, 0.05) is 18.1 Å². The Kier molecular flexibility index (Phi) is 7.80. The number of amides is 4. The van der Waals surface area contributed by atoms with E-state index in [4.69, 9.17) is 9.68 Å². The zero-order valence-corrected chi connectivity index (χ0v) is 19.7. The van der Waals surface area contributed by atoms with Crippen LogP contribution in [-0.2, 0) is 21.1 Å². The normalized spacial score (nSPS) is 21.2. The van der Waals surface area contributed by atoms with Crippen LogP contribution in [0.1, 0.15) is 52.5 Å². The second kappa shape index (κ2) is 10.4. The van der Waals surface area contributed by atoms with Crippen molar-refractivity contribution in [3.05, 3.63) is 35.9 Å². The van der Waals surface area contributed by atoms with Gasteiger partial charge in [-0.05, 0) is 52.5 Å². The number of urea groups is 1. The summed E-state index contributed by atoms with van der Waals surface area (Å²) >= 11 is 0. The number of benzene rings is 1. The van der Waals surface area contributed by atoms with E-state index in [1.54, 1.807) is 6.92 Å². The van der Waals surface area contributed by atoms with Crippen LogP contribution in [0.2, 0.25) is 0 Å². The Morgan fingerprint density at radius 2 is 1.94 bits per heavy atom. The summed E-state index contributed by atoms with van der Waals surface area (Å²) in [6, 6.07) is 8.30. The predicted octanol–water partition coefficient (Wildman–Crippen LogP) is 2.99. The minimum Gasteiger partial charge on any atom is -0.465 e. The zero-order valence-electron chi connectivity index (χ0n) is 19.7. The second-order valence-electron chi connectivity index (χ2n) is 9.54. The number of piperidine rings is 1. The monoisotopic (exact) mass is 462 g/mol. The maximum Gasteiger partial charge on any atom is 0.407 e. The Morgan fingerprint density at radius 1 is 1.24 bits per heavy atom. The molecular weight excluding hydrogens is 428 g/mol. The standard InChI is InChI=1S/C23H34N4O6/c1-16(26(22(30)31)23(2,3)4)12-13-32-24-20(28)19-11-10-18-14-25(19)21(29)27(18)33-15-17-8-6-5-7-9-17/h5-9,16,18-19H,10-15H2,1-4H3,(H,24,28)(H,30,31)/t16?,18-,19+/m1/s1. The average molecular weight is 463 g/mol. The van der Waals surface area contributed by atoms with Crippen LogP contribution in [0.15, 0.2) is 30.3 Å². The third-order valence-corrected chi connectivity index (χ3v) is 6.02. The van der Waals surface area contributed by atoms with E-state index in [1.807, 2.05) is 51.1 Å². The van der Waals surface area contributed by atoms with Crippen molar-refractivity contribution in [2.24, 2.45) is 0 Å². The first-order chi connectivity index (χ1) is 15.6. The third-order valence-electron chi connectivity index (χ3n) is 6.02. The van der Waals surface area contributed by atoms with Gasteiger partial charge in [0.25, 0.3) is 5.91 Å². The number of hydrogen-bond acceptors (Lipinski definition) is 5. The van der Waals surface area contributed by atoms with Gasteiger partial charge in [0.1, 0.15) is 12.6 Å². The molecule has 2 heterocycles. The number of hydrogen-bond donors (Lipinski definition) is 2. The molecule has 0 saturated carbocycles. The number of nitrogens with zero attached hydrogens (tertiary/aromatic N) is 3. The molecule has 3 rings (SSSR count). The number of hydroxylamine groups is 3. The molecule has 2 bridgehead atoms. The van der Waals surface area contributed by atoms with Gasteiger partial charge in [-0.15, -0.1) is 0 Å². The largest absolute Gasteiger partial charge is 0.465 e. The first-order valence-electron chi connectivity index (χ1n) is 11.3. The fraction of sp³-hybridized carbons (Fsp3) is 0.609. The Hall–Kier alpha value is -2.85. The van der Waals surface area contributed by atoms with Crippen LogP contribution in [0.5, 0.6) is 0 Å². The topological polar surface area (TPSA) is 112 Å². The van der Waals surface area contributed by atoms with Crippen molar-refractivity contribution < 1.29 is 29.2 Å². The van der Waals surface area contributed by atoms with E-state index in [0.717, 1.165) is 5.56 Å². The maximum atomic E-state index is 12.8. The van der Waals surface area contributed by atoms with Gasteiger partial charge in [0.15, 0.2) is 0 Å². The SMILES string of the molecule is CC(CCONC(=O)[C@@H]1CC[C@@H]2CN1C(=O)N2OCc1ccccc1)N(C(=O)O)C(C)(C)C. The summed E-state index contributed by atoms with van der Waals surface area (Å²) in [5.74, 6) is -0.384. The molecule has 2 saturated heterocycles. The molecule has 1 unspecified atom stereocenters. The van der Waals surface area contributed by atoms with E-state index < -0.39 is 17.7 Å². The first kappa shape index (κ1) is 24.8. The molecule has 33 heavy (non-hydrogen) atoms. The minimum absolute atomic E-state index is 0.0774. The highest BCUT2D eigenvalue weighted by Gasteiger charge is 2.48. The number of nitrogens with one attached hydrogen (secondary N) is 1. The van der Waals surface area contributed by atoms with E-state index in [1.165, 1.54) is 14.9 Å². The van der Waals surface area contributed by atoms with Crippen molar-refractivity contribution in [1.82, 2.24) is 20.3 Å². The van der Waals surface area contributed by atoms with Gasteiger partial charge in [0.05, 0.1) is 12.6 Å². The van der Waals surface area contributed by atoms with Crippen molar-refractivity contribution in [2.45, 2.75) is 77.2 Å². The number of fused-ring (bicyclic) bond motifs is 2. The van der Waals surface area contributed by atoms with Gasteiger partial charge in [-0.2, -0.15) is 5.06 Å². The van der Waals surface area contributed by atoms with Gasteiger partial charge >= 0.3 is 12.1 Å². The summed E-state index contributed by atoms with van der Waals surface area (Å²) in [4.78, 5) is 51.0. The van der Waals surface area contributed by atoms with Gasteiger partial charge in [-0.25, -0.2) is 15.1 Å². The number of rotatable bonds is 9. The highest BCUT2D eigenvalue weighted by Crippen LogP contribution is 2.30. The molecule has 0 radical (unpaired) electrons. The van der Waals surface area contributed by atoms with Crippen molar-refractivity contribution in [3.8, 4) is 0 Å². The number of carbonyl (C=O) groups is 3. The lowest BCUT2D eigenvalue weighted by molar-refractivity contribution is -0.141. The lowest BCUT2D eigenvalue weighted by atomic mass is 10.0. The van der Waals surface area contributed by atoms with Gasteiger partial charge in [-0.3, -0.25) is 14.5 Å². The molecule has 182 valence electrons. The molecule has 0 spiro atoms. The van der Waals surface area contributed by atoms with Gasteiger partial charge < -0.3 is 14.9 Å². The van der Waals surface area contributed by atoms with E-state index in [0.29, 0.717) is 25.8 Å². The molecule has 10 nitrogen and oxygen atoms in total. The summed E-state index contributed by atoms with van der Waals surface area (Å²) in [6.45, 7) is 8.17. The van der Waals surface area contributed by atoms with E-state index in [2.05, 4.69) is 5.48 Å². The number of carbonyl (C=O) groups excluding carboxylic acids is 2. The average Bonchev–Trinajstić information content (AvgIpc) is 2.98. The third kappa shape index (κ3) is 5.94. The molecule has 2 aliphatic rings. The summed E-state index contributed by atoms with van der Waals surface area (Å²) in [7, 11) is 0. The Morgan fingerprint density at radius 3 is 2.58 bits per heavy atom. The van der Waals surface area contributed by atoms with Gasteiger partial charge in [-0.1, -0.05) is 30.3 Å². The highest BCUT2D eigenvalue weighted by molar-refractivity contribution is 5.88. The molecule has 1 aromatic rings. The molecule has 2 fully saturated rings. The van der Waals surface area contributed by atoms with Crippen LogP contribution in [-0.4, -0.2) is 74.8 Å². The summed E-state index contributed by atoms with van der Waals surface area (Å²) in [5, 5.41) is 10.9. The first-order valence-corrected chi connectivity index (χ1v) is 11.3. The molecular formula is C23H34N4O6. The van der Waals surface area contributed by atoms with Crippen LogP contribution < -0.4 is 5.48 Å². The van der Waals surface area contributed by atoms with Crippen LogP contribution in [0.4, 0.5) is 9.59 Å². The molecule has 1 aromatic carbocycles. The smallest absolute Gasteiger partial charge is 0.407 e. The molecule has 10 heteroatoms. The molecule has 2 N–H and O–H groups in total. The lowest BCUT2D eigenvalue weighted by Gasteiger charge is -2.38. The van der Waals surface area contributed by atoms with E-state index in [9.17, 15) is 19.5 Å². The van der Waals surface area contributed by atoms with Crippen molar-refractivity contribution >= 4 is 18.0 Å². The Bertz CT molecular complexity index is 843. The molecule has 2 aliphatic heterocycles. The zero-order chi connectivity index (χ0) is 24.2. The van der Waals surface area contributed by atoms with Crippen molar-refractivity contribution in [2.75, 3.05) is 13.2 Å². The minimum atomic E-state index is -0.998. The Balaban J connectivity index is 1.46. The van der Waals surface area contributed by atoms with Gasteiger partial charge in [0.2, 0.25) is 0 Å². The molecule has 3 atom stereocenters. The number of carboxylic acid groups (broad SMARTS) is 1. The fourth-order valence-electron chi connectivity index (χ4n) is 4.47. The van der Waals surface area contributed by atoms with E-state index in [-0.39, 0.29) is 37.2 Å². The summed E-state index contributed by atoms with van der Waals surface area (Å²) < 4.78 is 0. The molecule has 0 aliphatic carbocycles. The highest BCUT2D eigenvalue weighted by atomic mass is 16.7. The second-order valence-corrected chi connectivity index (χ2v) is 9.54. The van der Waals surface area contributed by atoms with Crippen LogP contribution in [0, 0.1) is 0 Å². The van der Waals surface area contributed by atoms with Crippen LogP contribution >= 0.6 is 0 Å². The van der Waals surface area contributed by atoms with Crippen molar-refractivity contribution in [3.63, 3.8) is 0 Å². The quantitative estimate of drug-likeness (QED) is 0.431. The summed E-state index contributed by atoms with van der Waals surface area (Å²) in [5.41, 5.74) is 2.85. The Labute approximate surface area is 194 Å². The molecule has 0 aromatic heterocycles. The maximum absolute atomic E-state index is 12.8. The lowest BCUT2D eigenvalue weighted by Crippen LogP contribution is -2.51. The predicted molar refractivity (Wildman–Crippen MR) is 120 cm³/mol. The van der Waals surface area contributed by atoms with Crippen LogP contribution in [0.25, 0.3) is 0 Å². The van der Waals surface area contributed by atoms with E-state index >= 15 is 0 Å². The van der Waals surface area contributed by atoms with Crippen LogP contribution in [0.3, 0.4) is 0 Å².